The molecular formula is C17H20FNO. The summed E-state index contributed by atoms with van der Waals surface area (Å²) in [6.45, 7) is 1.42. The highest BCUT2D eigenvalue weighted by atomic mass is 19.1. The van der Waals surface area contributed by atoms with E-state index in [4.69, 9.17) is 10.5 Å². The minimum absolute atomic E-state index is 0.216. The first-order valence-electron chi connectivity index (χ1n) is 6.88. The van der Waals surface area contributed by atoms with Crippen LogP contribution in [0.5, 0.6) is 0 Å². The van der Waals surface area contributed by atoms with Crippen LogP contribution in [0, 0.1) is 5.82 Å². The lowest BCUT2D eigenvalue weighted by Crippen LogP contribution is -2.02. The van der Waals surface area contributed by atoms with E-state index in [1.807, 2.05) is 18.2 Å². The summed E-state index contributed by atoms with van der Waals surface area (Å²) in [6, 6.07) is 15.3. The van der Waals surface area contributed by atoms with Gasteiger partial charge in [-0.2, -0.15) is 0 Å². The topological polar surface area (TPSA) is 35.2 Å². The first kappa shape index (κ1) is 14.7. The van der Waals surface area contributed by atoms with Gasteiger partial charge in [0, 0.05) is 18.7 Å². The van der Waals surface area contributed by atoms with Crippen molar-refractivity contribution in [3.05, 3.63) is 71.0 Å². The van der Waals surface area contributed by atoms with Crippen LogP contribution in [0.4, 0.5) is 4.39 Å². The van der Waals surface area contributed by atoms with E-state index in [1.165, 1.54) is 11.6 Å². The van der Waals surface area contributed by atoms with Crippen LogP contribution >= 0.6 is 0 Å². The Hall–Kier alpha value is -1.71. The molecule has 0 aliphatic heterocycles. The number of ether oxygens (including phenoxy) is 1. The smallest absolute Gasteiger partial charge is 0.127 e. The molecule has 0 saturated heterocycles. The maximum Gasteiger partial charge on any atom is 0.127 e. The molecule has 20 heavy (non-hydrogen) atoms. The zero-order chi connectivity index (χ0) is 14.2. The van der Waals surface area contributed by atoms with E-state index in [0.29, 0.717) is 18.8 Å². The molecule has 0 unspecified atom stereocenters. The Kier molecular flexibility index (Phi) is 5.71. The third-order valence-electron chi connectivity index (χ3n) is 3.20. The molecule has 2 rings (SSSR count). The van der Waals surface area contributed by atoms with Crippen LogP contribution in [0.15, 0.2) is 48.5 Å². The lowest BCUT2D eigenvalue weighted by Gasteiger charge is -2.07. The SMILES string of the molecule is NCc1cc(COCCCc2ccccc2)ccc1F. The molecule has 0 saturated carbocycles. The van der Waals surface area contributed by atoms with Crippen LogP contribution in [0.3, 0.4) is 0 Å². The van der Waals surface area contributed by atoms with Crippen LogP contribution in [0.25, 0.3) is 0 Å². The number of hydrogen-bond donors (Lipinski definition) is 1. The fraction of sp³-hybridized carbons (Fsp3) is 0.294. The summed E-state index contributed by atoms with van der Waals surface area (Å²) in [5.41, 5.74) is 8.30. The van der Waals surface area contributed by atoms with Gasteiger partial charge in [-0.15, -0.1) is 0 Å². The molecule has 0 aromatic heterocycles. The maximum absolute atomic E-state index is 13.3. The summed E-state index contributed by atoms with van der Waals surface area (Å²) in [7, 11) is 0. The molecule has 0 heterocycles. The van der Waals surface area contributed by atoms with Crippen molar-refractivity contribution in [2.75, 3.05) is 6.61 Å². The van der Waals surface area contributed by atoms with Gasteiger partial charge in [0.05, 0.1) is 6.61 Å². The van der Waals surface area contributed by atoms with Gasteiger partial charge < -0.3 is 10.5 Å². The highest BCUT2D eigenvalue weighted by Crippen LogP contribution is 2.11. The van der Waals surface area contributed by atoms with Gasteiger partial charge in [-0.1, -0.05) is 36.4 Å². The van der Waals surface area contributed by atoms with Crippen LogP contribution in [0.1, 0.15) is 23.1 Å². The zero-order valence-corrected chi connectivity index (χ0v) is 11.5. The van der Waals surface area contributed by atoms with Crippen molar-refractivity contribution in [1.29, 1.82) is 0 Å². The molecule has 2 aromatic rings. The second-order valence-corrected chi connectivity index (χ2v) is 4.77. The predicted molar refractivity (Wildman–Crippen MR) is 78.7 cm³/mol. The zero-order valence-electron chi connectivity index (χ0n) is 11.5. The van der Waals surface area contributed by atoms with E-state index < -0.39 is 0 Å². The number of halogens is 1. The number of benzene rings is 2. The first-order valence-corrected chi connectivity index (χ1v) is 6.88. The lowest BCUT2D eigenvalue weighted by atomic mass is 10.1. The summed E-state index contributed by atoms with van der Waals surface area (Å²) in [5, 5.41) is 0. The summed E-state index contributed by atoms with van der Waals surface area (Å²) < 4.78 is 18.9. The largest absolute Gasteiger partial charge is 0.377 e. The van der Waals surface area contributed by atoms with E-state index >= 15 is 0 Å². The van der Waals surface area contributed by atoms with Crippen molar-refractivity contribution in [2.45, 2.75) is 26.0 Å². The second kappa shape index (κ2) is 7.78. The van der Waals surface area contributed by atoms with Crippen molar-refractivity contribution < 1.29 is 9.13 Å². The molecule has 0 fully saturated rings. The molecule has 0 atom stereocenters. The molecule has 0 bridgehead atoms. The minimum atomic E-state index is -0.250. The molecule has 106 valence electrons. The molecule has 3 heteroatoms. The van der Waals surface area contributed by atoms with Gasteiger partial charge in [-0.3, -0.25) is 0 Å². The Morgan fingerprint density at radius 2 is 1.80 bits per heavy atom. The molecular weight excluding hydrogens is 253 g/mol. The second-order valence-electron chi connectivity index (χ2n) is 4.77. The third-order valence-corrected chi connectivity index (χ3v) is 3.20. The molecule has 0 aliphatic rings. The molecule has 0 amide bonds. The monoisotopic (exact) mass is 273 g/mol. The lowest BCUT2D eigenvalue weighted by molar-refractivity contribution is 0.118. The Bertz CT molecular complexity index is 528. The number of aryl methyl sites for hydroxylation is 1. The van der Waals surface area contributed by atoms with Crippen molar-refractivity contribution in [2.24, 2.45) is 5.73 Å². The Morgan fingerprint density at radius 1 is 1.00 bits per heavy atom. The summed E-state index contributed by atoms with van der Waals surface area (Å²) >= 11 is 0. The fourth-order valence-electron chi connectivity index (χ4n) is 2.09. The highest BCUT2D eigenvalue weighted by molar-refractivity contribution is 5.24. The average Bonchev–Trinajstić information content (AvgIpc) is 2.49. The minimum Gasteiger partial charge on any atom is -0.377 e. The van der Waals surface area contributed by atoms with Crippen LogP contribution in [-0.4, -0.2) is 6.61 Å². The van der Waals surface area contributed by atoms with E-state index in [-0.39, 0.29) is 12.4 Å². The number of rotatable bonds is 7. The fourth-order valence-corrected chi connectivity index (χ4v) is 2.09. The van der Waals surface area contributed by atoms with Gasteiger partial charge >= 0.3 is 0 Å². The van der Waals surface area contributed by atoms with Crippen LogP contribution in [0.2, 0.25) is 0 Å². The molecule has 2 nitrogen and oxygen atoms in total. The van der Waals surface area contributed by atoms with Crippen molar-refractivity contribution in [3.8, 4) is 0 Å². The van der Waals surface area contributed by atoms with E-state index in [2.05, 4.69) is 12.1 Å². The molecule has 2 N–H and O–H groups in total. The Morgan fingerprint density at radius 3 is 2.55 bits per heavy atom. The number of hydrogen-bond acceptors (Lipinski definition) is 2. The number of nitrogens with two attached hydrogens (primary N) is 1. The quantitative estimate of drug-likeness (QED) is 0.784. The molecule has 0 radical (unpaired) electrons. The maximum atomic E-state index is 13.3. The van der Waals surface area contributed by atoms with Gasteiger partial charge in [-0.05, 0) is 36.1 Å². The van der Waals surface area contributed by atoms with Crippen molar-refractivity contribution in [3.63, 3.8) is 0 Å². The standard InChI is InChI=1S/C17H20FNO/c18-17-9-8-15(11-16(17)12-19)13-20-10-4-7-14-5-2-1-3-6-14/h1-3,5-6,8-9,11H,4,7,10,12-13,19H2. The summed E-state index contributed by atoms with van der Waals surface area (Å²) in [5.74, 6) is -0.250. The van der Waals surface area contributed by atoms with E-state index in [9.17, 15) is 4.39 Å². The van der Waals surface area contributed by atoms with Crippen molar-refractivity contribution >= 4 is 0 Å². The molecule has 2 aromatic carbocycles. The van der Waals surface area contributed by atoms with Gasteiger partial charge in [-0.25, -0.2) is 4.39 Å². The first-order chi connectivity index (χ1) is 9.79. The van der Waals surface area contributed by atoms with E-state index in [0.717, 1.165) is 18.4 Å². The normalized spacial score (nSPS) is 10.7. The van der Waals surface area contributed by atoms with Crippen molar-refractivity contribution in [1.82, 2.24) is 0 Å². The van der Waals surface area contributed by atoms with Gasteiger partial charge in [0.25, 0.3) is 0 Å². The Labute approximate surface area is 119 Å². The van der Waals surface area contributed by atoms with E-state index in [1.54, 1.807) is 12.1 Å². The van der Waals surface area contributed by atoms with Crippen LogP contribution in [-0.2, 0) is 24.3 Å². The van der Waals surface area contributed by atoms with Gasteiger partial charge in [0.1, 0.15) is 5.82 Å². The van der Waals surface area contributed by atoms with Gasteiger partial charge in [0.15, 0.2) is 0 Å². The third kappa shape index (κ3) is 4.44. The Balaban J connectivity index is 1.71. The van der Waals surface area contributed by atoms with Gasteiger partial charge in [0.2, 0.25) is 0 Å². The summed E-state index contributed by atoms with van der Waals surface area (Å²) in [6.07, 6.45) is 1.99. The molecule has 0 aliphatic carbocycles. The highest BCUT2D eigenvalue weighted by Gasteiger charge is 2.02. The summed E-state index contributed by atoms with van der Waals surface area (Å²) in [4.78, 5) is 0. The average molecular weight is 273 g/mol. The molecule has 0 spiro atoms. The predicted octanol–water partition coefficient (Wildman–Crippen LogP) is 3.43. The van der Waals surface area contributed by atoms with Crippen LogP contribution < -0.4 is 5.73 Å².